The van der Waals surface area contributed by atoms with Crippen molar-refractivity contribution in [1.82, 2.24) is 14.7 Å². The molecule has 2 aliphatic rings. The lowest BCUT2D eigenvalue weighted by molar-refractivity contribution is -0.111. The fraction of sp³-hybridized carbons (Fsp3) is 0.464. The van der Waals surface area contributed by atoms with Crippen LogP contribution in [0.3, 0.4) is 0 Å². The van der Waals surface area contributed by atoms with Gasteiger partial charge in [-0.1, -0.05) is 29.8 Å². The molecule has 2 aromatic carbocycles. The van der Waals surface area contributed by atoms with Gasteiger partial charge in [0.15, 0.2) is 11.5 Å². The topological polar surface area (TPSA) is 57.3 Å². The van der Waals surface area contributed by atoms with Crippen LogP contribution in [-0.2, 0) is 4.79 Å². The van der Waals surface area contributed by atoms with E-state index >= 15 is 0 Å². The second-order valence-corrected chi connectivity index (χ2v) is 9.88. The summed E-state index contributed by atoms with van der Waals surface area (Å²) in [6.07, 6.45) is 5.61. The summed E-state index contributed by atoms with van der Waals surface area (Å²) >= 11 is 6.15. The summed E-state index contributed by atoms with van der Waals surface area (Å²) in [4.78, 5) is 20.0. The summed E-state index contributed by atoms with van der Waals surface area (Å²) in [5.41, 5.74) is 1.44. The molecule has 2 heterocycles. The summed E-state index contributed by atoms with van der Waals surface area (Å²) in [5.74, 6) is 1.03. The Morgan fingerprint density at radius 3 is 2.53 bits per heavy atom. The number of hydrogen-bond donors (Lipinski definition) is 1. The molecule has 194 valence electrons. The van der Waals surface area contributed by atoms with Crippen LogP contribution in [0.25, 0.3) is 6.08 Å². The number of nitrogens with one attached hydrogen (secondary N) is 1. The highest BCUT2D eigenvalue weighted by Gasteiger charge is 2.26. The summed E-state index contributed by atoms with van der Waals surface area (Å²) < 4.78 is 11.5. The Labute approximate surface area is 219 Å². The van der Waals surface area contributed by atoms with Gasteiger partial charge < -0.3 is 19.7 Å². The number of carbonyl (C=O) groups excluding carboxylic acids is 1. The van der Waals surface area contributed by atoms with Crippen molar-refractivity contribution in [1.29, 1.82) is 0 Å². The number of hydrogen-bond acceptors (Lipinski definition) is 6. The number of piperidine rings is 1. The molecular formula is C28H37ClN4O3. The van der Waals surface area contributed by atoms with Gasteiger partial charge in [0.25, 0.3) is 0 Å². The first-order chi connectivity index (χ1) is 17.5. The van der Waals surface area contributed by atoms with Crippen molar-refractivity contribution in [2.24, 2.45) is 0 Å². The summed E-state index contributed by atoms with van der Waals surface area (Å²) in [6.45, 7) is 8.37. The Morgan fingerprint density at radius 1 is 1.06 bits per heavy atom. The van der Waals surface area contributed by atoms with Crippen molar-refractivity contribution in [2.75, 3.05) is 71.9 Å². The Morgan fingerprint density at radius 2 is 1.81 bits per heavy atom. The first-order valence-electron chi connectivity index (χ1n) is 12.7. The number of carbonyl (C=O) groups is 1. The Balaban J connectivity index is 1.24. The number of amides is 1. The van der Waals surface area contributed by atoms with Crippen LogP contribution in [0, 0.1) is 0 Å². The van der Waals surface area contributed by atoms with Gasteiger partial charge in [-0.25, -0.2) is 0 Å². The molecule has 4 rings (SSSR count). The van der Waals surface area contributed by atoms with E-state index in [9.17, 15) is 4.79 Å². The van der Waals surface area contributed by atoms with Crippen LogP contribution < -0.4 is 14.8 Å². The maximum atomic E-state index is 12.4. The van der Waals surface area contributed by atoms with Crippen molar-refractivity contribution >= 4 is 29.3 Å². The Kier molecular flexibility index (Phi) is 9.64. The highest BCUT2D eigenvalue weighted by atomic mass is 35.5. The van der Waals surface area contributed by atoms with Gasteiger partial charge in [-0.3, -0.25) is 14.6 Å². The lowest BCUT2D eigenvalue weighted by Gasteiger charge is -2.42. The zero-order valence-corrected chi connectivity index (χ0v) is 22.0. The second kappa shape index (κ2) is 13.1. The Hall–Kier alpha value is -2.58. The van der Waals surface area contributed by atoms with E-state index in [0.717, 1.165) is 25.2 Å². The molecule has 7 nitrogen and oxygen atoms in total. The number of nitrogens with zero attached hydrogens (tertiary/aromatic N) is 3. The maximum Gasteiger partial charge on any atom is 0.248 e. The van der Waals surface area contributed by atoms with E-state index < -0.39 is 0 Å². The SMILES string of the molecule is COc1ccc(NC(=O)/C=C/c2ccccc2Cl)cc1OCCN1CCC(N2CCN(C)CC2)CC1. The number of halogens is 1. The van der Waals surface area contributed by atoms with Crippen molar-refractivity contribution in [2.45, 2.75) is 18.9 Å². The molecule has 0 unspecified atom stereocenters. The van der Waals surface area contributed by atoms with Crippen molar-refractivity contribution < 1.29 is 14.3 Å². The van der Waals surface area contributed by atoms with Gasteiger partial charge in [0.05, 0.1) is 7.11 Å². The molecule has 0 saturated carbocycles. The van der Waals surface area contributed by atoms with Crippen LogP contribution in [0.4, 0.5) is 5.69 Å². The van der Waals surface area contributed by atoms with Gasteiger partial charge in [0.1, 0.15) is 6.61 Å². The van der Waals surface area contributed by atoms with Gasteiger partial charge in [0, 0.05) is 61.6 Å². The molecule has 1 amide bonds. The van der Waals surface area contributed by atoms with Crippen LogP contribution in [0.15, 0.2) is 48.5 Å². The summed E-state index contributed by atoms with van der Waals surface area (Å²) in [7, 11) is 3.83. The maximum absolute atomic E-state index is 12.4. The number of likely N-dealkylation sites (N-methyl/N-ethyl adjacent to an activating group) is 1. The number of anilines is 1. The smallest absolute Gasteiger partial charge is 0.248 e. The van der Waals surface area contributed by atoms with Crippen LogP contribution in [0.2, 0.25) is 5.02 Å². The minimum atomic E-state index is -0.241. The molecular weight excluding hydrogens is 476 g/mol. The molecule has 1 N–H and O–H groups in total. The van der Waals surface area contributed by atoms with Gasteiger partial charge in [-0.2, -0.15) is 0 Å². The molecule has 0 aliphatic carbocycles. The molecule has 0 bridgehead atoms. The van der Waals surface area contributed by atoms with E-state index in [1.165, 1.54) is 45.1 Å². The highest BCUT2D eigenvalue weighted by Crippen LogP contribution is 2.30. The minimum absolute atomic E-state index is 0.241. The fourth-order valence-electron chi connectivity index (χ4n) is 4.81. The second-order valence-electron chi connectivity index (χ2n) is 9.47. The molecule has 0 atom stereocenters. The Bertz CT molecular complexity index is 1030. The number of benzene rings is 2. The normalized spacial score (nSPS) is 18.4. The minimum Gasteiger partial charge on any atom is -0.493 e. The van der Waals surface area contributed by atoms with Crippen LogP contribution in [0.1, 0.15) is 18.4 Å². The van der Waals surface area contributed by atoms with E-state index in [4.69, 9.17) is 21.1 Å². The average molecular weight is 513 g/mol. The van der Waals surface area contributed by atoms with Crippen LogP contribution >= 0.6 is 11.6 Å². The molecule has 2 aliphatic heterocycles. The molecule has 0 aromatic heterocycles. The quantitative estimate of drug-likeness (QED) is 0.511. The third-order valence-electron chi connectivity index (χ3n) is 7.03. The molecule has 2 fully saturated rings. The van der Waals surface area contributed by atoms with Crippen molar-refractivity contribution in [3.8, 4) is 11.5 Å². The third-order valence-corrected chi connectivity index (χ3v) is 7.37. The fourth-order valence-corrected chi connectivity index (χ4v) is 5.01. The predicted octanol–water partition coefficient (Wildman–Crippen LogP) is 4.09. The lowest BCUT2D eigenvalue weighted by atomic mass is 10.0. The molecule has 2 aromatic rings. The highest BCUT2D eigenvalue weighted by molar-refractivity contribution is 6.32. The molecule has 2 saturated heterocycles. The molecule has 36 heavy (non-hydrogen) atoms. The van der Waals surface area contributed by atoms with Gasteiger partial charge in [-0.05, 0) is 62.8 Å². The zero-order valence-electron chi connectivity index (χ0n) is 21.3. The number of rotatable bonds is 9. The molecule has 0 spiro atoms. The first-order valence-corrected chi connectivity index (χ1v) is 13.1. The summed E-state index contributed by atoms with van der Waals surface area (Å²) in [5, 5.41) is 3.48. The number of likely N-dealkylation sites (tertiary alicyclic amines) is 1. The van der Waals surface area contributed by atoms with Crippen LogP contribution in [0.5, 0.6) is 11.5 Å². The third kappa shape index (κ3) is 7.46. The molecule has 0 radical (unpaired) electrons. The van der Waals surface area contributed by atoms with Gasteiger partial charge >= 0.3 is 0 Å². The number of methoxy groups -OCH3 is 1. The van der Waals surface area contributed by atoms with E-state index in [-0.39, 0.29) is 5.91 Å². The summed E-state index contributed by atoms with van der Waals surface area (Å²) in [6, 6.07) is 13.5. The van der Waals surface area contributed by atoms with Crippen molar-refractivity contribution in [3.05, 3.63) is 59.1 Å². The largest absolute Gasteiger partial charge is 0.493 e. The van der Waals surface area contributed by atoms with Gasteiger partial charge in [-0.15, -0.1) is 0 Å². The van der Waals surface area contributed by atoms with E-state index in [0.29, 0.717) is 34.9 Å². The predicted molar refractivity (Wildman–Crippen MR) is 146 cm³/mol. The van der Waals surface area contributed by atoms with Crippen LogP contribution in [-0.4, -0.2) is 93.2 Å². The molecule has 8 heteroatoms. The number of ether oxygens (including phenoxy) is 2. The van der Waals surface area contributed by atoms with Gasteiger partial charge in [0.2, 0.25) is 5.91 Å². The number of piperazine rings is 1. The monoisotopic (exact) mass is 512 g/mol. The first kappa shape index (κ1) is 26.5. The van der Waals surface area contributed by atoms with E-state index in [1.807, 2.05) is 24.3 Å². The van der Waals surface area contributed by atoms with E-state index in [1.54, 1.807) is 31.4 Å². The standard InChI is InChI=1S/C28H37ClN4O3/c1-31-15-17-33(18-16-31)24-11-13-32(14-12-24)19-20-36-27-21-23(8-9-26(27)35-2)30-28(34)10-7-22-5-3-4-6-25(22)29/h3-10,21,24H,11-20H2,1-2H3,(H,30,34)/b10-7+. The van der Waals surface area contributed by atoms with Crippen molar-refractivity contribution in [3.63, 3.8) is 0 Å². The zero-order chi connectivity index (χ0) is 25.3. The lowest BCUT2D eigenvalue weighted by Crippen LogP contribution is -2.52. The van der Waals surface area contributed by atoms with E-state index in [2.05, 4.69) is 27.1 Å². The average Bonchev–Trinajstić information content (AvgIpc) is 2.89.